The van der Waals surface area contributed by atoms with Crippen molar-refractivity contribution < 1.29 is 4.79 Å². The minimum atomic E-state index is -0.432. The number of thioether (sulfide) groups is 1. The van der Waals surface area contributed by atoms with Crippen molar-refractivity contribution in [2.24, 2.45) is 0 Å². The lowest BCUT2D eigenvalue weighted by Gasteiger charge is -2.16. The number of carbonyl (C=O) groups excluding carboxylic acids is 1. The van der Waals surface area contributed by atoms with Crippen molar-refractivity contribution in [2.45, 2.75) is 28.9 Å². The molecular formula is C22H19ClN2OS. The van der Waals surface area contributed by atoms with Gasteiger partial charge in [0.1, 0.15) is 0 Å². The first kappa shape index (κ1) is 18.1. The number of rotatable bonds is 6. The van der Waals surface area contributed by atoms with Gasteiger partial charge in [-0.25, -0.2) is 0 Å². The lowest BCUT2D eigenvalue weighted by molar-refractivity contribution is -0.118. The van der Waals surface area contributed by atoms with Crippen LogP contribution in [0.1, 0.15) is 24.0 Å². The zero-order valence-electron chi connectivity index (χ0n) is 14.7. The summed E-state index contributed by atoms with van der Waals surface area (Å²) in [7, 11) is 0. The number of carbonyl (C=O) groups is 1. The summed E-state index contributed by atoms with van der Waals surface area (Å²) in [5.41, 5.74) is 2.57. The Balaban J connectivity index is 1.39. The van der Waals surface area contributed by atoms with Crippen LogP contribution in [-0.4, -0.2) is 10.9 Å². The normalized spacial score (nSPS) is 14.6. The van der Waals surface area contributed by atoms with Crippen LogP contribution in [0.5, 0.6) is 0 Å². The molecule has 1 amide bonds. The standard InChI is InChI=1S/C22H19ClN2OS/c23-18-5-1-4-17(13-18)22(10-11-22)21(26)25-19-6-8-20(9-7-19)27-15-16-3-2-12-24-14-16/h1-9,12-14H,10-11,15H2,(H,25,26). The Morgan fingerprint density at radius 2 is 1.93 bits per heavy atom. The minimum absolute atomic E-state index is 0.0422. The summed E-state index contributed by atoms with van der Waals surface area (Å²) in [5, 5.41) is 3.73. The third-order valence-electron chi connectivity index (χ3n) is 4.80. The van der Waals surface area contributed by atoms with Gasteiger partial charge in [-0.3, -0.25) is 9.78 Å². The number of amides is 1. The van der Waals surface area contributed by atoms with Crippen molar-refractivity contribution in [2.75, 3.05) is 5.32 Å². The fourth-order valence-electron chi connectivity index (χ4n) is 3.09. The van der Waals surface area contributed by atoms with Gasteiger partial charge in [-0.05, 0) is 66.4 Å². The first-order valence-corrected chi connectivity index (χ1v) is 10.2. The van der Waals surface area contributed by atoms with E-state index < -0.39 is 5.41 Å². The van der Waals surface area contributed by atoms with Gasteiger partial charge in [0.25, 0.3) is 0 Å². The fourth-order valence-corrected chi connectivity index (χ4v) is 4.12. The van der Waals surface area contributed by atoms with E-state index in [1.54, 1.807) is 18.0 Å². The molecule has 2 aromatic carbocycles. The Morgan fingerprint density at radius 3 is 2.59 bits per heavy atom. The molecule has 1 heterocycles. The summed E-state index contributed by atoms with van der Waals surface area (Å²) >= 11 is 7.85. The van der Waals surface area contributed by atoms with Crippen molar-refractivity contribution in [3.05, 3.63) is 89.2 Å². The van der Waals surface area contributed by atoms with Gasteiger partial charge in [-0.1, -0.05) is 29.8 Å². The minimum Gasteiger partial charge on any atom is -0.325 e. The molecule has 1 aromatic heterocycles. The number of hydrogen-bond acceptors (Lipinski definition) is 3. The maximum atomic E-state index is 12.8. The number of hydrogen-bond donors (Lipinski definition) is 1. The van der Waals surface area contributed by atoms with E-state index >= 15 is 0 Å². The zero-order valence-corrected chi connectivity index (χ0v) is 16.3. The van der Waals surface area contributed by atoms with Crippen molar-refractivity contribution in [3.63, 3.8) is 0 Å². The Labute approximate surface area is 168 Å². The van der Waals surface area contributed by atoms with Crippen LogP contribution < -0.4 is 5.32 Å². The Bertz CT molecular complexity index is 940. The molecule has 0 atom stereocenters. The van der Waals surface area contributed by atoms with Crippen molar-refractivity contribution in [1.82, 2.24) is 4.98 Å². The molecule has 0 radical (unpaired) electrons. The maximum absolute atomic E-state index is 12.8. The average molecular weight is 395 g/mol. The van der Waals surface area contributed by atoms with Crippen molar-refractivity contribution in [1.29, 1.82) is 0 Å². The lowest BCUT2D eigenvalue weighted by atomic mass is 9.95. The largest absolute Gasteiger partial charge is 0.325 e. The van der Waals surface area contributed by atoms with E-state index in [4.69, 9.17) is 11.6 Å². The summed E-state index contributed by atoms with van der Waals surface area (Å²) in [5.74, 6) is 0.915. The monoisotopic (exact) mass is 394 g/mol. The molecule has 1 fully saturated rings. The van der Waals surface area contributed by atoms with E-state index in [1.165, 1.54) is 5.56 Å². The van der Waals surface area contributed by atoms with Crippen LogP contribution in [0.4, 0.5) is 5.69 Å². The quantitative estimate of drug-likeness (QED) is 0.545. The second kappa shape index (κ2) is 7.75. The second-order valence-corrected chi connectivity index (χ2v) is 8.21. The molecule has 136 valence electrons. The van der Waals surface area contributed by atoms with Crippen molar-refractivity contribution in [3.8, 4) is 0 Å². The molecule has 27 heavy (non-hydrogen) atoms. The van der Waals surface area contributed by atoms with E-state index in [2.05, 4.69) is 16.4 Å². The summed E-state index contributed by atoms with van der Waals surface area (Å²) < 4.78 is 0. The molecule has 0 unspecified atom stereocenters. The van der Waals surface area contributed by atoms with E-state index in [0.717, 1.165) is 34.7 Å². The summed E-state index contributed by atoms with van der Waals surface area (Å²) in [6.45, 7) is 0. The van der Waals surface area contributed by atoms with Crippen molar-refractivity contribution >= 4 is 35.0 Å². The SMILES string of the molecule is O=C(Nc1ccc(SCc2cccnc2)cc1)C1(c2cccc(Cl)c2)CC1. The lowest BCUT2D eigenvalue weighted by Crippen LogP contribution is -2.27. The summed E-state index contributed by atoms with van der Waals surface area (Å²) in [6, 6.07) is 19.6. The predicted molar refractivity (Wildman–Crippen MR) is 111 cm³/mol. The maximum Gasteiger partial charge on any atom is 0.235 e. The van der Waals surface area contributed by atoms with Crippen LogP contribution in [0.2, 0.25) is 5.02 Å². The molecule has 1 aliphatic carbocycles. The summed E-state index contributed by atoms with van der Waals surface area (Å²) in [4.78, 5) is 18.1. The molecule has 3 aromatic rings. The van der Waals surface area contributed by atoms with E-state index in [1.807, 2.05) is 60.8 Å². The Morgan fingerprint density at radius 1 is 1.11 bits per heavy atom. The van der Waals surface area contributed by atoms with E-state index in [0.29, 0.717) is 5.02 Å². The Hall–Kier alpha value is -2.30. The highest BCUT2D eigenvalue weighted by molar-refractivity contribution is 7.98. The van der Waals surface area contributed by atoms with Crippen LogP contribution in [0.3, 0.4) is 0 Å². The topological polar surface area (TPSA) is 42.0 Å². The first-order chi connectivity index (χ1) is 13.2. The first-order valence-electron chi connectivity index (χ1n) is 8.85. The molecular weight excluding hydrogens is 376 g/mol. The van der Waals surface area contributed by atoms with Crippen LogP contribution in [0.25, 0.3) is 0 Å². The van der Waals surface area contributed by atoms with Gasteiger partial charge in [-0.15, -0.1) is 11.8 Å². The van der Waals surface area contributed by atoms with E-state index in [9.17, 15) is 4.79 Å². The van der Waals surface area contributed by atoms with Crippen LogP contribution in [0.15, 0.2) is 78.0 Å². The molecule has 0 aliphatic heterocycles. The third-order valence-corrected chi connectivity index (χ3v) is 6.12. The van der Waals surface area contributed by atoms with Crippen LogP contribution in [-0.2, 0) is 16.0 Å². The molecule has 1 saturated carbocycles. The van der Waals surface area contributed by atoms with Gasteiger partial charge in [0, 0.05) is 33.8 Å². The molecule has 0 saturated heterocycles. The molecule has 4 rings (SSSR count). The average Bonchev–Trinajstić information content (AvgIpc) is 3.50. The molecule has 1 aliphatic rings. The number of nitrogens with zero attached hydrogens (tertiary/aromatic N) is 1. The number of pyridine rings is 1. The molecule has 3 nitrogen and oxygen atoms in total. The number of anilines is 1. The van der Waals surface area contributed by atoms with Gasteiger partial charge in [0.15, 0.2) is 0 Å². The zero-order chi connectivity index (χ0) is 18.7. The highest BCUT2D eigenvalue weighted by atomic mass is 35.5. The second-order valence-electron chi connectivity index (χ2n) is 6.72. The number of nitrogens with one attached hydrogen (secondary N) is 1. The van der Waals surface area contributed by atoms with E-state index in [-0.39, 0.29) is 5.91 Å². The van der Waals surface area contributed by atoms with Gasteiger partial charge >= 0.3 is 0 Å². The third kappa shape index (κ3) is 4.18. The predicted octanol–water partition coefficient (Wildman–Crippen LogP) is 5.70. The van der Waals surface area contributed by atoms with Gasteiger partial charge < -0.3 is 5.32 Å². The molecule has 0 bridgehead atoms. The number of aromatic nitrogens is 1. The van der Waals surface area contributed by atoms with Crippen LogP contribution in [0, 0.1) is 0 Å². The highest BCUT2D eigenvalue weighted by Crippen LogP contribution is 2.49. The molecule has 5 heteroatoms. The Kier molecular flexibility index (Phi) is 5.19. The number of benzene rings is 2. The smallest absolute Gasteiger partial charge is 0.235 e. The fraction of sp³-hybridized carbons (Fsp3) is 0.182. The van der Waals surface area contributed by atoms with Gasteiger partial charge in [0.05, 0.1) is 5.41 Å². The van der Waals surface area contributed by atoms with Crippen LogP contribution >= 0.6 is 23.4 Å². The summed E-state index contributed by atoms with van der Waals surface area (Å²) in [6.07, 6.45) is 5.38. The number of halogens is 1. The molecule has 0 spiro atoms. The highest BCUT2D eigenvalue weighted by Gasteiger charge is 2.51. The molecule has 1 N–H and O–H groups in total. The van der Waals surface area contributed by atoms with Gasteiger partial charge in [0.2, 0.25) is 5.91 Å². The van der Waals surface area contributed by atoms with Gasteiger partial charge in [-0.2, -0.15) is 0 Å².